The van der Waals surface area contributed by atoms with Crippen LogP contribution in [0.15, 0.2) is 12.1 Å². The van der Waals surface area contributed by atoms with Gasteiger partial charge in [0.15, 0.2) is 0 Å². The van der Waals surface area contributed by atoms with E-state index in [2.05, 4.69) is 0 Å². The van der Waals surface area contributed by atoms with Crippen LogP contribution in [0.25, 0.3) is 0 Å². The van der Waals surface area contributed by atoms with Crippen LogP contribution in [0.1, 0.15) is 56.1 Å². The fourth-order valence-corrected chi connectivity index (χ4v) is 2.99. The van der Waals surface area contributed by atoms with Crippen LogP contribution in [0.5, 0.6) is 0 Å². The van der Waals surface area contributed by atoms with Gasteiger partial charge in [-0.25, -0.2) is 0 Å². The third-order valence-electron chi connectivity index (χ3n) is 4.22. The molecule has 0 bridgehead atoms. The van der Waals surface area contributed by atoms with Gasteiger partial charge in [-0.15, -0.1) is 0 Å². The SMILES string of the molecule is CCCC(CC1CC1)c1c([N+](=O)[O-])cc(C(F)(F)F)cc1[N+](=O)[O-]. The number of rotatable bonds is 7. The van der Waals surface area contributed by atoms with E-state index in [4.69, 9.17) is 0 Å². The summed E-state index contributed by atoms with van der Waals surface area (Å²) in [5.74, 6) is -0.145. The van der Waals surface area contributed by atoms with Crippen LogP contribution < -0.4 is 0 Å². The Hall–Kier alpha value is -2.19. The highest BCUT2D eigenvalue weighted by Gasteiger charge is 2.40. The fraction of sp³-hybridized carbons (Fsp3) is 0.600. The molecule has 1 fully saturated rings. The second-order valence-corrected chi connectivity index (χ2v) is 6.10. The largest absolute Gasteiger partial charge is 0.416 e. The van der Waals surface area contributed by atoms with Crippen molar-refractivity contribution in [1.29, 1.82) is 0 Å². The molecule has 1 aliphatic carbocycles. The Kier molecular flexibility index (Phi) is 5.10. The van der Waals surface area contributed by atoms with Crippen molar-refractivity contribution in [2.75, 3.05) is 0 Å². The molecule has 6 nitrogen and oxygen atoms in total. The van der Waals surface area contributed by atoms with Crippen molar-refractivity contribution in [3.05, 3.63) is 43.5 Å². The standard InChI is InChI=1S/C15H17F3N2O4/c1-2-3-10(6-9-4-5-9)14-12(19(21)22)7-11(15(16,17)18)8-13(14)20(23)24/h7-10H,2-6H2,1H3. The van der Waals surface area contributed by atoms with Gasteiger partial charge in [-0.05, 0) is 24.7 Å². The Bertz CT molecular complexity index is 622. The zero-order valence-corrected chi connectivity index (χ0v) is 13.0. The molecular weight excluding hydrogens is 329 g/mol. The summed E-state index contributed by atoms with van der Waals surface area (Å²) < 4.78 is 38.8. The molecule has 24 heavy (non-hydrogen) atoms. The number of halogens is 3. The van der Waals surface area contributed by atoms with Crippen molar-refractivity contribution in [3.8, 4) is 0 Å². The van der Waals surface area contributed by atoms with Gasteiger partial charge in [0.25, 0.3) is 11.4 Å². The maximum atomic E-state index is 12.9. The molecule has 2 rings (SSSR count). The Morgan fingerprint density at radius 2 is 1.67 bits per heavy atom. The molecule has 0 aromatic heterocycles. The van der Waals surface area contributed by atoms with Gasteiger partial charge in [0.1, 0.15) is 5.56 Å². The first-order chi connectivity index (χ1) is 11.1. The van der Waals surface area contributed by atoms with Gasteiger partial charge in [-0.1, -0.05) is 26.2 Å². The van der Waals surface area contributed by atoms with Crippen LogP contribution in [0.3, 0.4) is 0 Å². The Morgan fingerprint density at radius 1 is 1.17 bits per heavy atom. The summed E-state index contributed by atoms with van der Waals surface area (Å²) >= 11 is 0. The zero-order chi connectivity index (χ0) is 18.1. The summed E-state index contributed by atoms with van der Waals surface area (Å²) in [6, 6.07) is 0.829. The van der Waals surface area contributed by atoms with Crippen LogP contribution >= 0.6 is 0 Å². The number of hydrogen-bond donors (Lipinski definition) is 0. The summed E-state index contributed by atoms with van der Waals surface area (Å²) in [5.41, 5.74) is -3.16. The van der Waals surface area contributed by atoms with E-state index in [1.165, 1.54) is 0 Å². The van der Waals surface area contributed by atoms with Gasteiger partial charge in [0.05, 0.1) is 15.4 Å². The number of hydrogen-bond acceptors (Lipinski definition) is 4. The van der Waals surface area contributed by atoms with E-state index >= 15 is 0 Å². The summed E-state index contributed by atoms with van der Waals surface area (Å²) in [6.45, 7) is 1.83. The molecule has 0 radical (unpaired) electrons. The Morgan fingerprint density at radius 3 is 2.00 bits per heavy atom. The van der Waals surface area contributed by atoms with Crippen LogP contribution in [0.4, 0.5) is 24.5 Å². The highest BCUT2D eigenvalue weighted by Crippen LogP contribution is 2.47. The van der Waals surface area contributed by atoms with Gasteiger partial charge in [0, 0.05) is 12.1 Å². The Balaban J connectivity index is 2.65. The molecule has 1 aromatic rings. The van der Waals surface area contributed by atoms with Crippen molar-refractivity contribution in [1.82, 2.24) is 0 Å². The number of nitro benzene ring substituents is 2. The molecular formula is C15H17F3N2O4. The predicted molar refractivity (Wildman–Crippen MR) is 79.7 cm³/mol. The molecule has 0 spiro atoms. The van der Waals surface area contributed by atoms with Crippen molar-refractivity contribution >= 4 is 11.4 Å². The van der Waals surface area contributed by atoms with E-state index in [0.29, 0.717) is 37.3 Å². The number of nitro groups is 2. The molecule has 0 N–H and O–H groups in total. The smallest absolute Gasteiger partial charge is 0.258 e. The van der Waals surface area contributed by atoms with Crippen molar-refractivity contribution in [2.24, 2.45) is 5.92 Å². The lowest BCUT2D eigenvalue weighted by Crippen LogP contribution is -2.12. The highest BCUT2D eigenvalue weighted by atomic mass is 19.4. The molecule has 9 heteroatoms. The zero-order valence-electron chi connectivity index (χ0n) is 13.0. The van der Waals surface area contributed by atoms with Crippen molar-refractivity contribution in [3.63, 3.8) is 0 Å². The van der Waals surface area contributed by atoms with E-state index < -0.39 is 38.9 Å². The maximum Gasteiger partial charge on any atom is 0.416 e. The first kappa shape index (κ1) is 18.2. The molecule has 1 aliphatic rings. The van der Waals surface area contributed by atoms with Gasteiger partial charge in [0.2, 0.25) is 0 Å². The normalized spacial score (nSPS) is 16.0. The van der Waals surface area contributed by atoms with Crippen LogP contribution in [-0.4, -0.2) is 9.85 Å². The number of nitrogens with zero attached hydrogens (tertiary/aromatic N) is 2. The number of alkyl halides is 3. The van der Waals surface area contributed by atoms with Crippen molar-refractivity contribution in [2.45, 2.75) is 51.1 Å². The van der Waals surface area contributed by atoms with Gasteiger partial charge >= 0.3 is 6.18 Å². The molecule has 1 saturated carbocycles. The summed E-state index contributed by atoms with van der Waals surface area (Å²) in [6.07, 6.45) is -1.37. The topological polar surface area (TPSA) is 86.3 Å². The quantitative estimate of drug-likeness (QED) is 0.501. The van der Waals surface area contributed by atoms with Crippen LogP contribution in [0, 0.1) is 26.1 Å². The third-order valence-corrected chi connectivity index (χ3v) is 4.22. The highest BCUT2D eigenvalue weighted by molar-refractivity contribution is 5.58. The Labute approximate surface area is 136 Å². The van der Waals surface area contributed by atoms with Gasteiger partial charge in [-0.3, -0.25) is 20.2 Å². The molecule has 1 aromatic carbocycles. The van der Waals surface area contributed by atoms with Crippen LogP contribution in [-0.2, 0) is 6.18 Å². The van der Waals surface area contributed by atoms with Gasteiger partial charge < -0.3 is 0 Å². The lowest BCUT2D eigenvalue weighted by atomic mass is 9.86. The fourth-order valence-electron chi connectivity index (χ4n) is 2.99. The second-order valence-electron chi connectivity index (χ2n) is 6.10. The molecule has 0 amide bonds. The van der Waals surface area contributed by atoms with E-state index in [1.54, 1.807) is 0 Å². The molecule has 0 heterocycles. The van der Waals surface area contributed by atoms with E-state index in [1.807, 2.05) is 6.92 Å². The minimum absolute atomic E-state index is 0.174. The molecule has 132 valence electrons. The minimum atomic E-state index is -4.88. The van der Waals surface area contributed by atoms with Crippen molar-refractivity contribution < 1.29 is 23.0 Å². The average Bonchev–Trinajstić information content (AvgIpc) is 3.28. The van der Waals surface area contributed by atoms with E-state index in [-0.39, 0.29) is 5.56 Å². The van der Waals surface area contributed by atoms with E-state index in [0.717, 1.165) is 12.8 Å². The summed E-state index contributed by atoms with van der Waals surface area (Å²) in [7, 11) is 0. The maximum absolute atomic E-state index is 12.9. The summed E-state index contributed by atoms with van der Waals surface area (Å²) in [4.78, 5) is 20.7. The molecule has 0 saturated heterocycles. The average molecular weight is 346 g/mol. The lowest BCUT2D eigenvalue weighted by molar-refractivity contribution is -0.396. The predicted octanol–water partition coefficient (Wildman–Crippen LogP) is 5.21. The summed E-state index contributed by atoms with van der Waals surface area (Å²) in [5, 5.41) is 22.6. The molecule has 1 atom stereocenters. The monoisotopic (exact) mass is 346 g/mol. The first-order valence-corrected chi connectivity index (χ1v) is 7.69. The minimum Gasteiger partial charge on any atom is -0.258 e. The molecule has 1 unspecified atom stereocenters. The van der Waals surface area contributed by atoms with E-state index in [9.17, 15) is 33.4 Å². The first-order valence-electron chi connectivity index (χ1n) is 7.69. The number of benzene rings is 1. The second kappa shape index (κ2) is 6.74. The third kappa shape index (κ3) is 4.01. The van der Waals surface area contributed by atoms with Gasteiger partial charge in [-0.2, -0.15) is 13.2 Å². The van der Waals surface area contributed by atoms with Crippen LogP contribution in [0.2, 0.25) is 0 Å². The lowest BCUT2D eigenvalue weighted by Gasteiger charge is -2.18. The molecule has 0 aliphatic heterocycles.